The van der Waals surface area contributed by atoms with E-state index in [0.29, 0.717) is 5.75 Å². The first kappa shape index (κ1) is 22.9. The molecule has 1 aromatic heterocycles. The van der Waals surface area contributed by atoms with E-state index in [-0.39, 0.29) is 0 Å². The minimum atomic E-state index is -0.962. The fourth-order valence-electron chi connectivity index (χ4n) is 3.60. The van der Waals surface area contributed by atoms with Crippen LogP contribution in [-0.4, -0.2) is 47.9 Å². The van der Waals surface area contributed by atoms with E-state index in [1.165, 1.54) is 12.5 Å². The molecule has 3 aromatic rings. The summed E-state index contributed by atoms with van der Waals surface area (Å²) in [5.74, 6) is 1.55. The molecule has 0 amide bonds. The Morgan fingerprint density at radius 3 is 2.71 bits per heavy atom. The Hall–Kier alpha value is -2.77. The first-order valence-electron chi connectivity index (χ1n) is 10.5. The molecule has 0 fully saturated rings. The number of rotatable bonds is 5. The number of aldehydes is 1. The van der Waals surface area contributed by atoms with Gasteiger partial charge in [0.05, 0.1) is 16.3 Å². The summed E-state index contributed by atoms with van der Waals surface area (Å²) in [6, 6.07) is 16.5. The molecule has 0 spiro atoms. The van der Waals surface area contributed by atoms with Crippen molar-refractivity contribution in [2.75, 3.05) is 42.7 Å². The predicted octanol–water partition coefficient (Wildman–Crippen LogP) is 3.51. The van der Waals surface area contributed by atoms with E-state index in [9.17, 15) is 4.21 Å². The number of aromatic nitrogens is 1. The summed E-state index contributed by atoms with van der Waals surface area (Å²) >= 11 is 0. The molecule has 0 aliphatic carbocycles. The van der Waals surface area contributed by atoms with Crippen LogP contribution in [0.5, 0.6) is 0 Å². The number of hydrogen-bond donors (Lipinski definition) is 2. The Morgan fingerprint density at radius 2 is 1.94 bits per heavy atom. The van der Waals surface area contributed by atoms with Crippen molar-refractivity contribution in [3.8, 4) is 0 Å². The van der Waals surface area contributed by atoms with Crippen LogP contribution in [0.15, 0.2) is 53.4 Å². The number of anilines is 2. The van der Waals surface area contributed by atoms with Crippen LogP contribution in [-0.2, 0) is 22.1 Å². The molecule has 0 saturated heterocycles. The zero-order chi connectivity index (χ0) is 22.2. The molecule has 7 heteroatoms. The number of carbonyl (C=O) groups excluding carboxylic acids is 1. The predicted molar refractivity (Wildman–Crippen MR) is 129 cm³/mol. The molecule has 0 radical (unpaired) electrons. The van der Waals surface area contributed by atoms with Gasteiger partial charge in [-0.1, -0.05) is 29.8 Å². The normalized spacial score (nSPS) is 15.5. The highest BCUT2D eigenvalue weighted by molar-refractivity contribution is 7.85. The lowest BCUT2D eigenvalue weighted by atomic mass is 10.1. The van der Waals surface area contributed by atoms with Crippen molar-refractivity contribution >= 4 is 39.5 Å². The third-order valence-corrected chi connectivity index (χ3v) is 6.53. The number of carbonyl (C=O) groups is 1. The highest BCUT2D eigenvalue weighted by Gasteiger charge is 2.21. The van der Waals surface area contributed by atoms with Gasteiger partial charge < -0.3 is 20.3 Å². The molecule has 1 atom stereocenters. The fraction of sp³-hybridized carbons (Fsp3) is 0.333. The van der Waals surface area contributed by atoms with E-state index < -0.39 is 10.8 Å². The van der Waals surface area contributed by atoms with Crippen LogP contribution in [0.3, 0.4) is 0 Å². The van der Waals surface area contributed by atoms with E-state index in [1.807, 2.05) is 25.2 Å². The molecule has 164 valence electrons. The highest BCUT2D eigenvalue weighted by Crippen LogP contribution is 2.30. The average Bonchev–Trinajstić information content (AvgIpc) is 2.94. The van der Waals surface area contributed by atoms with Crippen molar-refractivity contribution in [2.45, 2.75) is 25.3 Å². The molecule has 4 rings (SSSR count). The van der Waals surface area contributed by atoms with E-state index in [2.05, 4.69) is 52.8 Å². The summed E-state index contributed by atoms with van der Waals surface area (Å²) < 4.78 is 12.6. The number of aryl methyl sites for hydroxylation is 1. The molecule has 31 heavy (non-hydrogen) atoms. The average molecular weight is 439 g/mol. The van der Waals surface area contributed by atoms with Crippen molar-refractivity contribution in [1.29, 1.82) is 0 Å². The summed E-state index contributed by atoms with van der Waals surface area (Å²) in [6.45, 7) is 6.73. The second-order valence-corrected chi connectivity index (χ2v) is 8.93. The van der Waals surface area contributed by atoms with Crippen molar-refractivity contribution in [3.63, 3.8) is 0 Å². The maximum absolute atomic E-state index is 12.6. The molecule has 2 heterocycles. The topological polar surface area (TPSA) is 74.3 Å². The second-order valence-electron chi connectivity index (χ2n) is 7.39. The number of nitrogens with one attached hydrogen (secondary N) is 2. The van der Waals surface area contributed by atoms with Crippen molar-refractivity contribution < 1.29 is 9.00 Å². The van der Waals surface area contributed by atoms with Gasteiger partial charge in [-0.3, -0.25) is 4.21 Å². The standard InChI is InChI=1S/C22H26N4OS.C2H4O/c1-16-7-8-19-18(13-16)20(24-10-9-23-2)14-22(25-19)26-11-12-28(27)21-6-4-3-5-17(21)15-26;1-2-3/h3-8,13-14,23H,9-12,15H2,1-2H3,(H,24,25);2H,1H3. The lowest BCUT2D eigenvalue weighted by Crippen LogP contribution is -2.26. The number of nitrogens with zero attached hydrogens (tertiary/aromatic N) is 2. The van der Waals surface area contributed by atoms with E-state index in [1.54, 1.807) is 0 Å². The molecule has 0 saturated carbocycles. The Morgan fingerprint density at radius 1 is 1.16 bits per heavy atom. The molecule has 1 aliphatic rings. The largest absolute Gasteiger partial charge is 0.383 e. The Balaban J connectivity index is 0.000000858. The van der Waals surface area contributed by atoms with Crippen LogP contribution in [0.4, 0.5) is 11.5 Å². The summed E-state index contributed by atoms with van der Waals surface area (Å²) in [7, 11) is 0.993. The van der Waals surface area contributed by atoms with Gasteiger partial charge >= 0.3 is 0 Å². The van der Waals surface area contributed by atoms with E-state index in [0.717, 1.165) is 65.3 Å². The number of hydrogen-bond acceptors (Lipinski definition) is 6. The van der Waals surface area contributed by atoms with Gasteiger partial charge in [0.2, 0.25) is 0 Å². The maximum atomic E-state index is 12.6. The van der Waals surface area contributed by atoms with Crippen LogP contribution >= 0.6 is 0 Å². The van der Waals surface area contributed by atoms with Crippen LogP contribution < -0.4 is 15.5 Å². The Bertz CT molecular complexity index is 1070. The molecule has 6 nitrogen and oxygen atoms in total. The number of pyridine rings is 1. The van der Waals surface area contributed by atoms with Gasteiger partial charge in [-0.25, -0.2) is 4.98 Å². The molecule has 0 bridgehead atoms. The van der Waals surface area contributed by atoms with Crippen LogP contribution in [0, 0.1) is 6.92 Å². The maximum Gasteiger partial charge on any atom is 0.131 e. The SMILES string of the molecule is CC=O.CNCCNc1cc(N2CCS(=O)c3ccccc3C2)nc2ccc(C)cc12. The van der Waals surface area contributed by atoms with Crippen molar-refractivity contribution in [3.05, 3.63) is 59.7 Å². The van der Waals surface area contributed by atoms with Gasteiger partial charge in [0.25, 0.3) is 0 Å². The lowest BCUT2D eigenvalue weighted by Gasteiger charge is -2.23. The third kappa shape index (κ3) is 5.68. The quantitative estimate of drug-likeness (QED) is 0.469. The zero-order valence-electron chi connectivity index (χ0n) is 18.4. The molecule has 2 aromatic carbocycles. The monoisotopic (exact) mass is 438 g/mol. The molecular weight excluding hydrogens is 408 g/mol. The molecule has 1 unspecified atom stereocenters. The smallest absolute Gasteiger partial charge is 0.131 e. The van der Waals surface area contributed by atoms with Gasteiger partial charge in [0.15, 0.2) is 0 Å². The Kier molecular flexibility index (Phi) is 8.14. The van der Waals surface area contributed by atoms with Crippen molar-refractivity contribution in [1.82, 2.24) is 10.3 Å². The lowest BCUT2D eigenvalue weighted by molar-refractivity contribution is -0.106. The van der Waals surface area contributed by atoms with Crippen molar-refractivity contribution in [2.24, 2.45) is 0 Å². The first-order chi connectivity index (χ1) is 15.1. The first-order valence-corrected chi connectivity index (χ1v) is 11.8. The number of benzene rings is 2. The minimum absolute atomic E-state index is 0.618. The second kappa shape index (κ2) is 11.0. The van der Waals surface area contributed by atoms with Gasteiger partial charge in [-0.05, 0) is 44.7 Å². The summed E-state index contributed by atoms with van der Waals surface area (Å²) in [6.07, 6.45) is 0.750. The van der Waals surface area contributed by atoms with E-state index >= 15 is 0 Å². The Labute approximate surface area is 186 Å². The van der Waals surface area contributed by atoms with Gasteiger partial charge in [-0.2, -0.15) is 0 Å². The van der Waals surface area contributed by atoms with Gasteiger partial charge in [0.1, 0.15) is 12.1 Å². The van der Waals surface area contributed by atoms with E-state index in [4.69, 9.17) is 9.78 Å². The molecule has 1 aliphatic heterocycles. The summed E-state index contributed by atoms with van der Waals surface area (Å²) in [5, 5.41) is 7.86. The van der Waals surface area contributed by atoms with Gasteiger partial charge in [-0.15, -0.1) is 0 Å². The number of fused-ring (bicyclic) bond motifs is 2. The molecular formula is C24H30N4O2S. The van der Waals surface area contributed by atoms with Crippen LogP contribution in [0.1, 0.15) is 18.1 Å². The van der Waals surface area contributed by atoms with Crippen LogP contribution in [0.2, 0.25) is 0 Å². The van der Waals surface area contributed by atoms with Gasteiger partial charge in [0, 0.05) is 54.0 Å². The summed E-state index contributed by atoms with van der Waals surface area (Å²) in [5.41, 5.74) is 4.41. The third-order valence-electron chi connectivity index (χ3n) is 5.09. The summed E-state index contributed by atoms with van der Waals surface area (Å²) in [4.78, 5) is 16.9. The number of likely N-dealkylation sites (N-methyl/N-ethyl adjacent to an activating group) is 1. The fourth-order valence-corrected chi connectivity index (χ4v) is 4.86. The highest BCUT2D eigenvalue weighted by atomic mass is 32.2. The zero-order valence-corrected chi connectivity index (χ0v) is 19.2. The molecule has 2 N–H and O–H groups in total. The van der Waals surface area contributed by atoms with Crippen LogP contribution in [0.25, 0.3) is 10.9 Å². The minimum Gasteiger partial charge on any atom is -0.383 e.